The maximum Gasteiger partial charge on any atom is 0.387 e. The number of non-ortho nitro benzene ring substituents is 1. The highest BCUT2D eigenvalue weighted by Crippen LogP contribution is 2.23. The van der Waals surface area contributed by atoms with Gasteiger partial charge in [0.05, 0.1) is 15.5 Å². The fourth-order valence-corrected chi connectivity index (χ4v) is 2.15. The number of alkyl halides is 2. The van der Waals surface area contributed by atoms with Crippen molar-refractivity contribution >= 4 is 29.0 Å². The summed E-state index contributed by atoms with van der Waals surface area (Å²) in [5, 5.41) is 10.4. The average Bonchev–Trinajstić information content (AvgIpc) is 2.59. The number of hydrogen-bond acceptors (Lipinski definition) is 6. The predicted molar refractivity (Wildman–Crippen MR) is 85.8 cm³/mol. The van der Waals surface area contributed by atoms with Gasteiger partial charge in [0, 0.05) is 17.7 Å². The lowest BCUT2D eigenvalue weighted by Gasteiger charge is -2.07. The van der Waals surface area contributed by atoms with Gasteiger partial charge in [-0.05, 0) is 30.3 Å². The van der Waals surface area contributed by atoms with Crippen molar-refractivity contribution in [2.24, 2.45) is 0 Å². The van der Waals surface area contributed by atoms with Crippen molar-refractivity contribution in [3.05, 3.63) is 68.7 Å². The van der Waals surface area contributed by atoms with Gasteiger partial charge >= 0.3 is 12.6 Å². The van der Waals surface area contributed by atoms with Crippen LogP contribution in [0.3, 0.4) is 0 Å². The minimum absolute atomic E-state index is 0.119. The van der Waals surface area contributed by atoms with Gasteiger partial charge in [0.25, 0.3) is 5.69 Å². The van der Waals surface area contributed by atoms with E-state index in [9.17, 15) is 28.5 Å². The number of carbonyl (C=O) groups is 2. The minimum Gasteiger partial charge on any atom is -0.454 e. The van der Waals surface area contributed by atoms with Crippen molar-refractivity contribution in [2.75, 3.05) is 6.61 Å². The second-order valence-corrected chi connectivity index (χ2v) is 5.23. The minimum atomic E-state index is -2.98. The standard InChI is InChI=1S/C16H10ClF2NO6/c17-13-7-10(20(23)24)3-6-12(13)15(22)25-8-14(21)9-1-4-11(5-2-9)26-16(18)19/h1-7,16H,8H2. The van der Waals surface area contributed by atoms with E-state index < -0.39 is 29.9 Å². The van der Waals surface area contributed by atoms with E-state index in [-0.39, 0.29) is 27.6 Å². The zero-order chi connectivity index (χ0) is 19.3. The molecule has 0 amide bonds. The van der Waals surface area contributed by atoms with Crippen molar-refractivity contribution in [2.45, 2.75) is 6.61 Å². The highest BCUT2D eigenvalue weighted by atomic mass is 35.5. The third kappa shape index (κ3) is 4.96. The molecule has 0 aliphatic rings. The Balaban J connectivity index is 1.98. The molecule has 0 aromatic heterocycles. The third-order valence-electron chi connectivity index (χ3n) is 3.12. The summed E-state index contributed by atoms with van der Waals surface area (Å²) >= 11 is 5.79. The largest absolute Gasteiger partial charge is 0.454 e. The summed E-state index contributed by atoms with van der Waals surface area (Å²) in [6.45, 7) is -3.61. The molecule has 0 atom stereocenters. The number of nitro groups is 1. The molecule has 0 bridgehead atoms. The van der Waals surface area contributed by atoms with Crippen LogP contribution >= 0.6 is 11.6 Å². The summed E-state index contributed by atoms with van der Waals surface area (Å²) in [4.78, 5) is 33.8. The normalized spacial score (nSPS) is 10.5. The van der Waals surface area contributed by atoms with Crippen LogP contribution < -0.4 is 4.74 Å². The summed E-state index contributed by atoms with van der Waals surface area (Å²) in [5.41, 5.74) is -0.311. The van der Waals surface area contributed by atoms with Crippen LogP contribution in [-0.2, 0) is 4.74 Å². The smallest absolute Gasteiger partial charge is 0.387 e. The van der Waals surface area contributed by atoms with E-state index in [1.165, 1.54) is 24.3 Å². The van der Waals surface area contributed by atoms with Gasteiger partial charge in [-0.3, -0.25) is 14.9 Å². The molecule has 0 spiro atoms. The lowest BCUT2D eigenvalue weighted by Crippen LogP contribution is -2.14. The number of halogens is 3. The van der Waals surface area contributed by atoms with E-state index in [1.54, 1.807) is 0 Å². The summed E-state index contributed by atoms with van der Waals surface area (Å²) in [6, 6.07) is 8.01. The molecule has 0 fully saturated rings. The number of rotatable bonds is 7. The summed E-state index contributed by atoms with van der Waals surface area (Å²) < 4.78 is 33.1. The number of nitro benzene ring substituents is 1. The number of ether oxygens (including phenoxy) is 2. The molecular formula is C16H10ClF2NO6. The Kier molecular flexibility index (Phi) is 6.18. The first kappa shape index (κ1) is 19.3. The van der Waals surface area contributed by atoms with Crippen LogP contribution in [0.15, 0.2) is 42.5 Å². The zero-order valence-corrected chi connectivity index (χ0v) is 13.6. The Morgan fingerprint density at radius 1 is 1.15 bits per heavy atom. The Morgan fingerprint density at radius 2 is 1.81 bits per heavy atom. The predicted octanol–water partition coefficient (Wildman–Crippen LogP) is 3.89. The molecule has 2 rings (SSSR count). The summed E-state index contributed by atoms with van der Waals surface area (Å²) in [5.74, 6) is -1.64. The quantitative estimate of drug-likeness (QED) is 0.310. The number of hydrogen-bond donors (Lipinski definition) is 0. The van der Waals surface area contributed by atoms with Gasteiger partial charge in [-0.2, -0.15) is 8.78 Å². The van der Waals surface area contributed by atoms with E-state index in [4.69, 9.17) is 16.3 Å². The van der Waals surface area contributed by atoms with E-state index >= 15 is 0 Å². The molecule has 0 unspecified atom stereocenters. The SMILES string of the molecule is O=C(COC(=O)c1ccc([N+](=O)[O-])cc1Cl)c1ccc(OC(F)F)cc1. The highest BCUT2D eigenvalue weighted by Gasteiger charge is 2.18. The first-order valence-electron chi connectivity index (χ1n) is 6.97. The number of carbonyl (C=O) groups excluding carboxylic acids is 2. The molecule has 0 N–H and O–H groups in total. The van der Waals surface area contributed by atoms with Gasteiger partial charge in [0.15, 0.2) is 12.4 Å². The van der Waals surface area contributed by atoms with Gasteiger partial charge < -0.3 is 9.47 Å². The zero-order valence-electron chi connectivity index (χ0n) is 12.9. The second kappa shape index (κ2) is 8.34. The van der Waals surface area contributed by atoms with E-state index in [0.29, 0.717) is 0 Å². The van der Waals surface area contributed by atoms with Crippen LogP contribution in [0.25, 0.3) is 0 Å². The van der Waals surface area contributed by atoms with Gasteiger partial charge in [-0.25, -0.2) is 4.79 Å². The molecule has 2 aromatic rings. The van der Waals surface area contributed by atoms with E-state index in [0.717, 1.165) is 18.2 Å². The maximum atomic E-state index is 12.1. The van der Waals surface area contributed by atoms with Crippen LogP contribution in [0.4, 0.5) is 14.5 Å². The lowest BCUT2D eigenvalue weighted by molar-refractivity contribution is -0.384. The van der Waals surface area contributed by atoms with Crippen molar-refractivity contribution < 1.29 is 32.8 Å². The average molecular weight is 386 g/mol. The Labute approximate surface area is 150 Å². The number of benzene rings is 2. The van der Waals surface area contributed by atoms with Crippen LogP contribution in [0, 0.1) is 10.1 Å². The third-order valence-corrected chi connectivity index (χ3v) is 3.43. The lowest BCUT2D eigenvalue weighted by atomic mass is 10.1. The highest BCUT2D eigenvalue weighted by molar-refractivity contribution is 6.33. The first-order chi connectivity index (χ1) is 12.3. The molecular weight excluding hydrogens is 376 g/mol. The van der Waals surface area contributed by atoms with Crippen LogP contribution in [-0.4, -0.2) is 29.9 Å². The van der Waals surface area contributed by atoms with Crippen LogP contribution in [0.1, 0.15) is 20.7 Å². The Morgan fingerprint density at radius 3 is 2.35 bits per heavy atom. The van der Waals surface area contributed by atoms with Gasteiger partial charge in [0.2, 0.25) is 0 Å². The fraction of sp³-hybridized carbons (Fsp3) is 0.125. The summed E-state index contributed by atoms with van der Waals surface area (Å²) in [7, 11) is 0. The maximum absolute atomic E-state index is 12.1. The molecule has 0 aliphatic carbocycles. The van der Waals surface area contributed by atoms with Crippen LogP contribution in [0.5, 0.6) is 5.75 Å². The van der Waals surface area contributed by atoms with Crippen molar-refractivity contribution in [1.29, 1.82) is 0 Å². The van der Waals surface area contributed by atoms with Crippen LogP contribution in [0.2, 0.25) is 5.02 Å². The second-order valence-electron chi connectivity index (χ2n) is 4.82. The molecule has 26 heavy (non-hydrogen) atoms. The molecule has 0 saturated heterocycles. The summed E-state index contributed by atoms with van der Waals surface area (Å²) in [6.07, 6.45) is 0. The number of nitrogens with zero attached hydrogens (tertiary/aromatic N) is 1. The Bertz CT molecular complexity index is 841. The molecule has 0 heterocycles. The van der Waals surface area contributed by atoms with Gasteiger partial charge in [-0.1, -0.05) is 11.6 Å². The van der Waals surface area contributed by atoms with E-state index in [1.807, 2.05) is 0 Å². The Hall–Kier alpha value is -3.07. The number of ketones is 1. The van der Waals surface area contributed by atoms with E-state index in [2.05, 4.69) is 4.74 Å². The van der Waals surface area contributed by atoms with Gasteiger partial charge in [-0.15, -0.1) is 0 Å². The molecule has 0 saturated carbocycles. The number of esters is 1. The first-order valence-corrected chi connectivity index (χ1v) is 7.35. The molecule has 0 radical (unpaired) electrons. The molecule has 0 aliphatic heterocycles. The topological polar surface area (TPSA) is 95.7 Å². The van der Waals surface area contributed by atoms with Crippen molar-refractivity contribution in [1.82, 2.24) is 0 Å². The van der Waals surface area contributed by atoms with Gasteiger partial charge in [0.1, 0.15) is 5.75 Å². The molecule has 2 aromatic carbocycles. The molecule has 136 valence electrons. The van der Waals surface area contributed by atoms with Crippen molar-refractivity contribution in [3.63, 3.8) is 0 Å². The monoisotopic (exact) mass is 385 g/mol. The van der Waals surface area contributed by atoms with Crippen molar-refractivity contribution in [3.8, 4) is 5.75 Å². The molecule has 7 nitrogen and oxygen atoms in total. The molecule has 10 heteroatoms. The number of Topliss-reactive ketones (excluding diaryl/α,β-unsaturated/α-hetero) is 1. The fourth-order valence-electron chi connectivity index (χ4n) is 1.90.